The van der Waals surface area contributed by atoms with Crippen molar-refractivity contribution in [1.82, 2.24) is 5.32 Å². The maximum Gasteiger partial charge on any atom is 0.0587 e. The van der Waals surface area contributed by atoms with Gasteiger partial charge in [-0.3, -0.25) is 0 Å². The van der Waals surface area contributed by atoms with Crippen molar-refractivity contribution in [3.05, 3.63) is 0 Å². The van der Waals surface area contributed by atoms with E-state index < -0.39 is 0 Å². The number of hydrogen-bond donors (Lipinski definition) is 1. The summed E-state index contributed by atoms with van der Waals surface area (Å²) in [5.41, 5.74) is 0. The molecule has 2 atom stereocenters. The molecule has 80 valence electrons. The van der Waals surface area contributed by atoms with Gasteiger partial charge in [-0.2, -0.15) is 0 Å². The van der Waals surface area contributed by atoms with Crippen molar-refractivity contribution < 1.29 is 4.74 Å². The van der Waals surface area contributed by atoms with E-state index in [0.29, 0.717) is 6.04 Å². The van der Waals surface area contributed by atoms with Crippen LogP contribution in [-0.2, 0) is 4.74 Å². The number of nitrogens with one attached hydrogen (secondary N) is 1. The molecule has 0 saturated heterocycles. The summed E-state index contributed by atoms with van der Waals surface area (Å²) < 4.78 is 4.99. The second kappa shape index (κ2) is 7.34. The summed E-state index contributed by atoms with van der Waals surface area (Å²) >= 11 is 0. The molecule has 0 bridgehead atoms. The van der Waals surface area contributed by atoms with E-state index >= 15 is 0 Å². The van der Waals surface area contributed by atoms with Crippen LogP contribution in [0.1, 0.15) is 34.1 Å². The zero-order valence-electron chi connectivity index (χ0n) is 9.76. The minimum atomic E-state index is 0.595. The Morgan fingerprint density at radius 2 is 1.77 bits per heavy atom. The van der Waals surface area contributed by atoms with Crippen molar-refractivity contribution in [3.8, 4) is 0 Å². The summed E-state index contributed by atoms with van der Waals surface area (Å²) in [6.45, 7) is 10.9. The highest BCUT2D eigenvalue weighted by Crippen LogP contribution is 2.14. The van der Waals surface area contributed by atoms with E-state index in [9.17, 15) is 0 Å². The lowest BCUT2D eigenvalue weighted by molar-refractivity contribution is 0.191. The van der Waals surface area contributed by atoms with E-state index in [4.69, 9.17) is 4.74 Å². The van der Waals surface area contributed by atoms with Gasteiger partial charge < -0.3 is 10.1 Å². The molecule has 0 aromatic carbocycles. The van der Waals surface area contributed by atoms with Crippen molar-refractivity contribution in [2.75, 3.05) is 20.3 Å². The van der Waals surface area contributed by atoms with Crippen LogP contribution in [0.3, 0.4) is 0 Å². The van der Waals surface area contributed by atoms with Crippen LogP contribution in [0.4, 0.5) is 0 Å². The second-order valence-electron chi connectivity index (χ2n) is 4.34. The molecule has 0 aliphatic heterocycles. The molecule has 0 heterocycles. The van der Waals surface area contributed by atoms with Crippen molar-refractivity contribution in [1.29, 1.82) is 0 Å². The summed E-state index contributed by atoms with van der Waals surface area (Å²) in [4.78, 5) is 0. The molecule has 13 heavy (non-hydrogen) atoms. The van der Waals surface area contributed by atoms with Crippen LogP contribution >= 0.6 is 0 Å². The first-order chi connectivity index (χ1) is 6.07. The standard InChI is InChI=1S/C11H25NO/c1-9(2)8-10(3)11(4)12-6-7-13-5/h9-12H,6-8H2,1-5H3. The van der Waals surface area contributed by atoms with Gasteiger partial charge in [-0.1, -0.05) is 20.8 Å². The maximum absolute atomic E-state index is 4.99. The summed E-state index contributed by atoms with van der Waals surface area (Å²) in [6, 6.07) is 0.595. The Morgan fingerprint density at radius 3 is 2.23 bits per heavy atom. The molecule has 0 rings (SSSR count). The first-order valence-corrected chi connectivity index (χ1v) is 5.30. The molecule has 1 N–H and O–H groups in total. The maximum atomic E-state index is 4.99. The van der Waals surface area contributed by atoms with Gasteiger partial charge >= 0.3 is 0 Å². The minimum Gasteiger partial charge on any atom is -0.383 e. The van der Waals surface area contributed by atoms with Crippen LogP contribution < -0.4 is 5.32 Å². The quantitative estimate of drug-likeness (QED) is 0.617. The summed E-state index contributed by atoms with van der Waals surface area (Å²) in [5.74, 6) is 1.54. The Hall–Kier alpha value is -0.0800. The number of ether oxygens (including phenoxy) is 1. The zero-order chi connectivity index (χ0) is 10.3. The van der Waals surface area contributed by atoms with Crippen molar-refractivity contribution in [3.63, 3.8) is 0 Å². The largest absolute Gasteiger partial charge is 0.383 e. The van der Waals surface area contributed by atoms with Gasteiger partial charge in [-0.15, -0.1) is 0 Å². The molecule has 0 amide bonds. The Bertz CT molecular complexity index is 115. The number of rotatable bonds is 7. The van der Waals surface area contributed by atoms with Crippen LogP contribution in [0.5, 0.6) is 0 Å². The average molecular weight is 187 g/mol. The van der Waals surface area contributed by atoms with Gasteiger partial charge in [-0.05, 0) is 25.2 Å². The van der Waals surface area contributed by atoms with Gasteiger partial charge in [0.1, 0.15) is 0 Å². The van der Waals surface area contributed by atoms with Gasteiger partial charge in [0.2, 0.25) is 0 Å². The SMILES string of the molecule is COCCNC(C)C(C)CC(C)C. The Morgan fingerprint density at radius 1 is 1.15 bits per heavy atom. The fourth-order valence-electron chi connectivity index (χ4n) is 1.54. The molecule has 0 fully saturated rings. The fourth-order valence-corrected chi connectivity index (χ4v) is 1.54. The zero-order valence-corrected chi connectivity index (χ0v) is 9.76. The van der Waals surface area contributed by atoms with Crippen LogP contribution in [0.2, 0.25) is 0 Å². The van der Waals surface area contributed by atoms with E-state index in [1.807, 2.05) is 0 Å². The van der Waals surface area contributed by atoms with Gasteiger partial charge in [0.25, 0.3) is 0 Å². The van der Waals surface area contributed by atoms with E-state index in [0.717, 1.165) is 25.0 Å². The highest BCUT2D eigenvalue weighted by molar-refractivity contribution is 4.69. The molecular weight excluding hydrogens is 162 g/mol. The van der Waals surface area contributed by atoms with E-state index in [1.165, 1.54) is 6.42 Å². The topological polar surface area (TPSA) is 21.3 Å². The number of hydrogen-bond acceptors (Lipinski definition) is 2. The first-order valence-electron chi connectivity index (χ1n) is 5.30. The summed E-state index contributed by atoms with van der Waals surface area (Å²) in [5, 5.41) is 3.46. The molecular formula is C11H25NO. The van der Waals surface area contributed by atoms with Crippen molar-refractivity contribution in [2.45, 2.75) is 40.2 Å². The third kappa shape index (κ3) is 7.03. The normalized spacial score (nSPS) is 16.2. The smallest absolute Gasteiger partial charge is 0.0587 e. The van der Waals surface area contributed by atoms with E-state index in [2.05, 4.69) is 33.0 Å². The lowest BCUT2D eigenvalue weighted by atomic mass is 9.93. The number of methoxy groups -OCH3 is 1. The highest BCUT2D eigenvalue weighted by atomic mass is 16.5. The molecule has 0 aromatic rings. The highest BCUT2D eigenvalue weighted by Gasteiger charge is 2.12. The van der Waals surface area contributed by atoms with Gasteiger partial charge in [0.05, 0.1) is 6.61 Å². The third-order valence-electron chi connectivity index (χ3n) is 2.47. The molecule has 0 radical (unpaired) electrons. The van der Waals surface area contributed by atoms with Crippen LogP contribution in [0.15, 0.2) is 0 Å². The van der Waals surface area contributed by atoms with Crippen LogP contribution in [0.25, 0.3) is 0 Å². The molecule has 2 nitrogen and oxygen atoms in total. The molecule has 2 heteroatoms. The van der Waals surface area contributed by atoms with E-state index in [-0.39, 0.29) is 0 Å². The lowest BCUT2D eigenvalue weighted by Gasteiger charge is -2.22. The Balaban J connectivity index is 3.50. The average Bonchev–Trinajstić information content (AvgIpc) is 2.03. The molecule has 0 spiro atoms. The fraction of sp³-hybridized carbons (Fsp3) is 1.00. The van der Waals surface area contributed by atoms with Gasteiger partial charge in [-0.25, -0.2) is 0 Å². The van der Waals surface area contributed by atoms with Crippen LogP contribution in [0, 0.1) is 11.8 Å². The lowest BCUT2D eigenvalue weighted by Crippen LogP contribution is -2.34. The third-order valence-corrected chi connectivity index (χ3v) is 2.47. The molecule has 0 aliphatic carbocycles. The van der Waals surface area contributed by atoms with Gasteiger partial charge in [0, 0.05) is 19.7 Å². The van der Waals surface area contributed by atoms with E-state index in [1.54, 1.807) is 7.11 Å². The Labute approximate surface area is 83.1 Å². The van der Waals surface area contributed by atoms with Crippen molar-refractivity contribution in [2.24, 2.45) is 11.8 Å². The van der Waals surface area contributed by atoms with Gasteiger partial charge in [0.15, 0.2) is 0 Å². The summed E-state index contributed by atoms with van der Waals surface area (Å²) in [7, 11) is 1.74. The van der Waals surface area contributed by atoms with Crippen molar-refractivity contribution >= 4 is 0 Å². The molecule has 2 unspecified atom stereocenters. The molecule has 0 aromatic heterocycles. The second-order valence-corrected chi connectivity index (χ2v) is 4.34. The molecule has 0 saturated carbocycles. The predicted octanol–water partition coefficient (Wildman–Crippen LogP) is 2.29. The monoisotopic (exact) mass is 187 g/mol. The molecule has 0 aliphatic rings. The first kappa shape index (κ1) is 12.9. The Kier molecular flexibility index (Phi) is 7.29. The predicted molar refractivity (Wildman–Crippen MR) is 58.0 cm³/mol. The van der Waals surface area contributed by atoms with Crippen LogP contribution in [-0.4, -0.2) is 26.3 Å². The minimum absolute atomic E-state index is 0.595. The summed E-state index contributed by atoms with van der Waals surface area (Å²) in [6.07, 6.45) is 1.29.